The number of carbonyl (C=O) groups excluding carboxylic acids is 1. The second kappa shape index (κ2) is 5.31. The molecule has 108 valence electrons. The monoisotopic (exact) mass is 304 g/mol. The van der Waals surface area contributed by atoms with Gasteiger partial charge in [-0.1, -0.05) is 11.8 Å². The molecule has 1 atom stereocenters. The number of hydrogen-bond donors (Lipinski definition) is 1. The van der Waals surface area contributed by atoms with Crippen molar-refractivity contribution >= 4 is 23.3 Å². The Morgan fingerprint density at radius 1 is 1.40 bits per heavy atom. The first kappa shape index (κ1) is 14.6. The molecular formula is C11H11F3N4OS. The van der Waals surface area contributed by atoms with Gasteiger partial charge in [0.25, 0.3) is 0 Å². The summed E-state index contributed by atoms with van der Waals surface area (Å²) in [6, 6.07) is 2.19. The van der Waals surface area contributed by atoms with Crippen LogP contribution < -0.4 is 5.32 Å². The molecule has 2 rings (SSSR count). The molecule has 0 saturated heterocycles. The maximum atomic E-state index is 12.7. The standard InChI is InChI=1S/C11H11F3N4OS/c1-6(9(19)15-2)20-10-17-16-8-4-3-7(5-18(8)10)11(12,13)14/h3-6H,1-2H3,(H,15,19)/t6-/m0/s1. The summed E-state index contributed by atoms with van der Waals surface area (Å²) < 4.78 is 39.3. The van der Waals surface area contributed by atoms with E-state index in [2.05, 4.69) is 15.5 Å². The van der Waals surface area contributed by atoms with Crippen LogP contribution in [0, 0.1) is 0 Å². The van der Waals surface area contributed by atoms with E-state index in [9.17, 15) is 18.0 Å². The molecule has 9 heteroatoms. The number of hydrogen-bond acceptors (Lipinski definition) is 4. The number of fused-ring (bicyclic) bond motifs is 1. The molecule has 0 aliphatic heterocycles. The second-order valence-electron chi connectivity index (χ2n) is 4.00. The summed E-state index contributed by atoms with van der Waals surface area (Å²) >= 11 is 1.04. The Hall–Kier alpha value is -1.77. The SMILES string of the molecule is CNC(=O)[C@H](C)Sc1nnc2ccc(C(F)(F)F)cn12. The zero-order valence-electron chi connectivity index (χ0n) is 10.6. The number of amides is 1. The average molecular weight is 304 g/mol. The lowest BCUT2D eigenvalue weighted by Crippen LogP contribution is -2.27. The molecule has 1 amide bonds. The van der Waals surface area contributed by atoms with Crippen molar-refractivity contribution in [1.29, 1.82) is 0 Å². The van der Waals surface area contributed by atoms with Crippen LogP contribution in [0.2, 0.25) is 0 Å². The van der Waals surface area contributed by atoms with Crippen molar-refractivity contribution in [1.82, 2.24) is 19.9 Å². The fourth-order valence-corrected chi connectivity index (χ4v) is 2.42. The molecule has 1 N–H and O–H groups in total. The van der Waals surface area contributed by atoms with Gasteiger partial charge in [-0.25, -0.2) is 0 Å². The first-order valence-electron chi connectivity index (χ1n) is 5.63. The van der Waals surface area contributed by atoms with Crippen LogP contribution in [0.4, 0.5) is 13.2 Å². The van der Waals surface area contributed by atoms with E-state index in [1.165, 1.54) is 17.5 Å². The van der Waals surface area contributed by atoms with E-state index in [1.54, 1.807) is 6.92 Å². The van der Waals surface area contributed by atoms with Crippen LogP contribution in [0.3, 0.4) is 0 Å². The van der Waals surface area contributed by atoms with E-state index in [-0.39, 0.29) is 11.1 Å². The molecule has 0 bridgehead atoms. The lowest BCUT2D eigenvalue weighted by Gasteiger charge is -2.09. The highest BCUT2D eigenvalue weighted by atomic mass is 32.2. The van der Waals surface area contributed by atoms with E-state index in [4.69, 9.17) is 0 Å². The quantitative estimate of drug-likeness (QED) is 0.881. The third-order valence-corrected chi connectivity index (χ3v) is 3.65. The highest BCUT2D eigenvalue weighted by molar-refractivity contribution is 8.00. The van der Waals surface area contributed by atoms with Crippen LogP contribution in [-0.4, -0.2) is 32.8 Å². The summed E-state index contributed by atoms with van der Waals surface area (Å²) in [6.07, 6.45) is -3.51. The van der Waals surface area contributed by atoms with Crippen molar-refractivity contribution in [3.05, 3.63) is 23.9 Å². The van der Waals surface area contributed by atoms with Crippen molar-refractivity contribution < 1.29 is 18.0 Å². The van der Waals surface area contributed by atoms with Crippen LogP contribution in [0.15, 0.2) is 23.5 Å². The van der Waals surface area contributed by atoms with E-state index in [0.717, 1.165) is 24.0 Å². The molecule has 0 spiro atoms. The van der Waals surface area contributed by atoms with Crippen molar-refractivity contribution in [2.24, 2.45) is 0 Å². The van der Waals surface area contributed by atoms with Gasteiger partial charge in [0.05, 0.1) is 10.8 Å². The Labute approximate surface area is 116 Å². The number of aromatic nitrogens is 3. The molecule has 0 saturated carbocycles. The van der Waals surface area contributed by atoms with Crippen molar-refractivity contribution in [2.75, 3.05) is 7.05 Å². The van der Waals surface area contributed by atoms with Crippen LogP contribution in [-0.2, 0) is 11.0 Å². The van der Waals surface area contributed by atoms with Crippen LogP contribution in [0.1, 0.15) is 12.5 Å². The highest BCUT2D eigenvalue weighted by Crippen LogP contribution is 2.30. The van der Waals surface area contributed by atoms with Gasteiger partial charge in [0, 0.05) is 13.2 Å². The number of thioether (sulfide) groups is 1. The third-order valence-electron chi connectivity index (χ3n) is 2.60. The Bertz CT molecular complexity index is 640. The predicted octanol–water partition coefficient (Wildman–Crippen LogP) is 1.97. The normalized spacial score (nSPS) is 13.4. The first-order valence-corrected chi connectivity index (χ1v) is 6.51. The molecule has 0 aromatic carbocycles. The number of alkyl halides is 3. The average Bonchev–Trinajstić information content (AvgIpc) is 2.79. The molecule has 2 aromatic rings. The zero-order chi connectivity index (χ0) is 14.9. The summed E-state index contributed by atoms with van der Waals surface area (Å²) in [5.41, 5.74) is -0.496. The van der Waals surface area contributed by atoms with Crippen LogP contribution >= 0.6 is 11.8 Å². The van der Waals surface area contributed by atoms with E-state index < -0.39 is 17.0 Å². The van der Waals surface area contributed by atoms with Crippen LogP contribution in [0.25, 0.3) is 5.65 Å². The third kappa shape index (κ3) is 2.87. The van der Waals surface area contributed by atoms with Gasteiger partial charge in [-0.15, -0.1) is 10.2 Å². The molecule has 0 unspecified atom stereocenters. The zero-order valence-corrected chi connectivity index (χ0v) is 11.4. The van der Waals surface area contributed by atoms with Gasteiger partial charge >= 0.3 is 6.18 Å². The minimum absolute atomic E-state index is 0.237. The number of pyridine rings is 1. The molecule has 0 aliphatic rings. The van der Waals surface area contributed by atoms with E-state index in [1.807, 2.05) is 0 Å². The summed E-state index contributed by atoms with van der Waals surface area (Å²) in [5.74, 6) is -0.237. The number of nitrogens with one attached hydrogen (secondary N) is 1. The Morgan fingerprint density at radius 2 is 2.10 bits per heavy atom. The van der Waals surface area contributed by atoms with Crippen molar-refractivity contribution in [2.45, 2.75) is 23.5 Å². The molecule has 0 radical (unpaired) electrons. The molecular weight excluding hydrogens is 293 g/mol. The highest BCUT2D eigenvalue weighted by Gasteiger charge is 2.31. The summed E-state index contributed by atoms with van der Waals surface area (Å²) in [7, 11) is 1.49. The number of rotatable bonds is 3. The molecule has 20 heavy (non-hydrogen) atoms. The molecule has 0 fully saturated rings. The van der Waals surface area contributed by atoms with Gasteiger partial charge in [-0.05, 0) is 19.1 Å². The van der Waals surface area contributed by atoms with Gasteiger partial charge in [0.2, 0.25) is 5.91 Å². The van der Waals surface area contributed by atoms with Gasteiger partial charge in [0.15, 0.2) is 10.8 Å². The molecule has 2 aromatic heterocycles. The van der Waals surface area contributed by atoms with Gasteiger partial charge in [-0.3, -0.25) is 9.20 Å². The number of nitrogens with zero attached hydrogens (tertiary/aromatic N) is 3. The minimum atomic E-state index is -4.44. The van der Waals surface area contributed by atoms with Gasteiger partial charge < -0.3 is 5.32 Å². The first-order chi connectivity index (χ1) is 9.32. The van der Waals surface area contributed by atoms with Crippen molar-refractivity contribution in [3.63, 3.8) is 0 Å². The van der Waals surface area contributed by atoms with Gasteiger partial charge in [-0.2, -0.15) is 13.2 Å². The topological polar surface area (TPSA) is 59.3 Å². The number of halogens is 3. The van der Waals surface area contributed by atoms with Crippen molar-refractivity contribution in [3.8, 4) is 0 Å². The molecule has 5 nitrogen and oxygen atoms in total. The lowest BCUT2D eigenvalue weighted by atomic mass is 10.3. The predicted molar refractivity (Wildman–Crippen MR) is 67.4 cm³/mol. The fraction of sp³-hybridized carbons (Fsp3) is 0.364. The smallest absolute Gasteiger partial charge is 0.358 e. The maximum Gasteiger partial charge on any atom is 0.417 e. The lowest BCUT2D eigenvalue weighted by molar-refractivity contribution is -0.137. The van der Waals surface area contributed by atoms with Gasteiger partial charge in [0.1, 0.15) is 0 Å². The Morgan fingerprint density at radius 3 is 2.70 bits per heavy atom. The maximum absolute atomic E-state index is 12.7. The Balaban J connectivity index is 2.37. The molecule has 0 aliphatic carbocycles. The number of carbonyl (C=O) groups is 1. The second-order valence-corrected chi connectivity index (χ2v) is 5.31. The summed E-state index contributed by atoms with van der Waals surface area (Å²) in [4.78, 5) is 11.4. The Kier molecular flexibility index (Phi) is 3.89. The minimum Gasteiger partial charge on any atom is -0.358 e. The summed E-state index contributed by atoms with van der Waals surface area (Å²) in [5, 5.41) is 9.79. The fourth-order valence-electron chi connectivity index (χ4n) is 1.53. The van der Waals surface area contributed by atoms with E-state index >= 15 is 0 Å². The van der Waals surface area contributed by atoms with Crippen LogP contribution in [0.5, 0.6) is 0 Å². The largest absolute Gasteiger partial charge is 0.417 e. The molecule has 2 heterocycles. The summed E-state index contributed by atoms with van der Waals surface area (Å²) in [6.45, 7) is 1.64. The van der Waals surface area contributed by atoms with E-state index in [0.29, 0.717) is 5.65 Å².